The first-order chi connectivity index (χ1) is 7.18. The lowest BCUT2D eigenvalue weighted by Crippen LogP contribution is -1.94. The first kappa shape index (κ1) is 9.97. The third-order valence-corrected chi connectivity index (χ3v) is 2.75. The molecule has 0 fully saturated rings. The molecule has 78 valence electrons. The van der Waals surface area contributed by atoms with E-state index in [9.17, 15) is 4.79 Å². The summed E-state index contributed by atoms with van der Waals surface area (Å²) in [6.07, 6.45) is 1.47. The maximum Gasteiger partial charge on any atom is 0.130 e. The van der Waals surface area contributed by atoms with E-state index < -0.39 is 0 Å². The van der Waals surface area contributed by atoms with Crippen molar-refractivity contribution in [3.8, 4) is 0 Å². The second-order valence-electron chi connectivity index (χ2n) is 3.98. The van der Waals surface area contributed by atoms with E-state index in [1.165, 1.54) is 16.6 Å². The summed E-state index contributed by atoms with van der Waals surface area (Å²) in [5, 5.41) is 1.25. The SMILES string of the molecule is CC(=O)CCc1c(C)[nH]c2ccccc12. The van der Waals surface area contributed by atoms with E-state index in [1.807, 2.05) is 12.1 Å². The van der Waals surface area contributed by atoms with Crippen molar-refractivity contribution in [3.05, 3.63) is 35.5 Å². The van der Waals surface area contributed by atoms with Crippen LogP contribution in [0.3, 0.4) is 0 Å². The highest BCUT2D eigenvalue weighted by Crippen LogP contribution is 2.22. The van der Waals surface area contributed by atoms with E-state index in [0.29, 0.717) is 6.42 Å². The van der Waals surface area contributed by atoms with Crippen LogP contribution in [0, 0.1) is 6.92 Å². The Balaban J connectivity index is 2.40. The van der Waals surface area contributed by atoms with Gasteiger partial charge in [0.15, 0.2) is 0 Å². The molecule has 0 spiro atoms. The highest BCUT2D eigenvalue weighted by Gasteiger charge is 2.07. The van der Waals surface area contributed by atoms with Crippen molar-refractivity contribution in [2.45, 2.75) is 26.7 Å². The van der Waals surface area contributed by atoms with Crippen LogP contribution in [0.25, 0.3) is 10.9 Å². The molecule has 1 N–H and O–H groups in total. The summed E-state index contributed by atoms with van der Waals surface area (Å²) in [6.45, 7) is 3.71. The van der Waals surface area contributed by atoms with Crippen molar-refractivity contribution >= 4 is 16.7 Å². The zero-order chi connectivity index (χ0) is 10.8. The second-order valence-corrected chi connectivity index (χ2v) is 3.98. The maximum absolute atomic E-state index is 11.0. The van der Waals surface area contributed by atoms with Crippen LogP contribution in [0.2, 0.25) is 0 Å². The predicted molar refractivity (Wildman–Crippen MR) is 62.0 cm³/mol. The minimum absolute atomic E-state index is 0.250. The summed E-state index contributed by atoms with van der Waals surface area (Å²) >= 11 is 0. The molecule has 0 aliphatic heterocycles. The largest absolute Gasteiger partial charge is 0.358 e. The lowest BCUT2D eigenvalue weighted by Gasteiger charge is -1.98. The van der Waals surface area contributed by atoms with E-state index in [4.69, 9.17) is 0 Å². The number of aromatic amines is 1. The number of fused-ring (bicyclic) bond motifs is 1. The van der Waals surface area contributed by atoms with Gasteiger partial charge in [0, 0.05) is 23.0 Å². The molecule has 0 unspecified atom stereocenters. The highest BCUT2D eigenvalue weighted by atomic mass is 16.1. The molecule has 2 aromatic rings. The molecule has 2 nitrogen and oxygen atoms in total. The number of benzene rings is 1. The van der Waals surface area contributed by atoms with E-state index in [2.05, 4.69) is 24.0 Å². The number of carbonyl (C=O) groups excluding carboxylic acids is 1. The predicted octanol–water partition coefficient (Wildman–Crippen LogP) is 3.00. The zero-order valence-corrected chi connectivity index (χ0v) is 9.13. The van der Waals surface area contributed by atoms with Gasteiger partial charge in [0.25, 0.3) is 0 Å². The van der Waals surface area contributed by atoms with Gasteiger partial charge in [-0.1, -0.05) is 18.2 Å². The molecule has 0 amide bonds. The van der Waals surface area contributed by atoms with Crippen LogP contribution in [0.15, 0.2) is 24.3 Å². The molecule has 0 aliphatic carbocycles. The van der Waals surface area contributed by atoms with Crippen LogP contribution in [0.1, 0.15) is 24.6 Å². The van der Waals surface area contributed by atoms with Gasteiger partial charge >= 0.3 is 0 Å². The number of H-pyrrole nitrogens is 1. The number of rotatable bonds is 3. The molecule has 15 heavy (non-hydrogen) atoms. The van der Waals surface area contributed by atoms with Crippen LogP contribution >= 0.6 is 0 Å². The summed E-state index contributed by atoms with van der Waals surface area (Å²) in [5.41, 5.74) is 3.62. The Kier molecular flexibility index (Phi) is 2.58. The maximum atomic E-state index is 11.0. The number of Topliss-reactive ketones (excluding diaryl/α,β-unsaturated/α-hetero) is 1. The van der Waals surface area contributed by atoms with Crippen LogP contribution in [0.5, 0.6) is 0 Å². The summed E-state index contributed by atoms with van der Waals surface area (Å²) in [4.78, 5) is 14.3. The molecule has 0 atom stereocenters. The highest BCUT2D eigenvalue weighted by molar-refractivity contribution is 5.85. The third kappa shape index (κ3) is 1.94. The Labute approximate surface area is 89.3 Å². The van der Waals surface area contributed by atoms with E-state index in [0.717, 1.165) is 11.9 Å². The minimum Gasteiger partial charge on any atom is -0.358 e. The summed E-state index contributed by atoms with van der Waals surface area (Å²) in [6, 6.07) is 8.23. The number of nitrogens with one attached hydrogen (secondary N) is 1. The first-order valence-electron chi connectivity index (χ1n) is 5.24. The Bertz CT molecular complexity index is 496. The average molecular weight is 201 g/mol. The Morgan fingerprint density at radius 2 is 2.07 bits per heavy atom. The molecule has 0 saturated heterocycles. The number of para-hydroxylation sites is 1. The van der Waals surface area contributed by atoms with E-state index in [1.54, 1.807) is 6.92 Å². The second kappa shape index (κ2) is 3.89. The molecule has 1 heterocycles. The van der Waals surface area contributed by atoms with Gasteiger partial charge in [-0.25, -0.2) is 0 Å². The molecule has 2 rings (SSSR count). The molecule has 0 bridgehead atoms. The Morgan fingerprint density at radius 1 is 1.33 bits per heavy atom. The lowest BCUT2D eigenvalue weighted by atomic mass is 10.0. The Morgan fingerprint density at radius 3 is 2.80 bits per heavy atom. The standard InChI is InChI=1S/C13H15NO/c1-9(15)7-8-11-10(2)14-13-6-4-3-5-12(11)13/h3-6,14H,7-8H2,1-2H3. The topological polar surface area (TPSA) is 32.9 Å². The monoisotopic (exact) mass is 201 g/mol. The quantitative estimate of drug-likeness (QED) is 0.813. The van der Waals surface area contributed by atoms with Crippen LogP contribution in [0.4, 0.5) is 0 Å². The molecule has 0 saturated carbocycles. The zero-order valence-electron chi connectivity index (χ0n) is 9.13. The minimum atomic E-state index is 0.250. The van der Waals surface area contributed by atoms with E-state index in [-0.39, 0.29) is 5.78 Å². The normalized spacial score (nSPS) is 10.8. The Hall–Kier alpha value is -1.57. The van der Waals surface area contributed by atoms with Gasteiger partial charge in [0.2, 0.25) is 0 Å². The number of hydrogen-bond donors (Lipinski definition) is 1. The number of ketones is 1. The van der Waals surface area contributed by atoms with Gasteiger partial charge in [0.1, 0.15) is 5.78 Å². The average Bonchev–Trinajstić information content (AvgIpc) is 2.50. The fourth-order valence-corrected chi connectivity index (χ4v) is 1.96. The number of aromatic nitrogens is 1. The fourth-order valence-electron chi connectivity index (χ4n) is 1.96. The van der Waals surface area contributed by atoms with Crippen LogP contribution in [-0.2, 0) is 11.2 Å². The molecular weight excluding hydrogens is 186 g/mol. The van der Waals surface area contributed by atoms with Crippen molar-refractivity contribution in [2.75, 3.05) is 0 Å². The molecule has 0 aliphatic rings. The number of hydrogen-bond acceptors (Lipinski definition) is 1. The van der Waals surface area contributed by atoms with Gasteiger partial charge in [-0.05, 0) is 31.9 Å². The summed E-state index contributed by atoms with van der Waals surface area (Å²) in [5.74, 6) is 0.250. The number of aryl methyl sites for hydroxylation is 2. The lowest BCUT2D eigenvalue weighted by molar-refractivity contribution is -0.116. The van der Waals surface area contributed by atoms with Crippen molar-refractivity contribution in [1.82, 2.24) is 4.98 Å². The van der Waals surface area contributed by atoms with Gasteiger partial charge in [-0.15, -0.1) is 0 Å². The molecule has 0 radical (unpaired) electrons. The van der Waals surface area contributed by atoms with Crippen molar-refractivity contribution < 1.29 is 4.79 Å². The molecular formula is C13H15NO. The molecule has 1 aromatic carbocycles. The molecule has 2 heteroatoms. The fraction of sp³-hybridized carbons (Fsp3) is 0.308. The van der Waals surface area contributed by atoms with Crippen molar-refractivity contribution in [3.63, 3.8) is 0 Å². The van der Waals surface area contributed by atoms with Gasteiger partial charge < -0.3 is 9.78 Å². The first-order valence-corrected chi connectivity index (χ1v) is 5.24. The van der Waals surface area contributed by atoms with Crippen molar-refractivity contribution in [1.29, 1.82) is 0 Å². The molecule has 1 aromatic heterocycles. The number of carbonyl (C=O) groups is 1. The summed E-state index contributed by atoms with van der Waals surface area (Å²) in [7, 11) is 0. The smallest absolute Gasteiger partial charge is 0.130 e. The van der Waals surface area contributed by atoms with Gasteiger partial charge in [0.05, 0.1) is 0 Å². The van der Waals surface area contributed by atoms with Gasteiger partial charge in [-0.2, -0.15) is 0 Å². The van der Waals surface area contributed by atoms with Crippen molar-refractivity contribution in [2.24, 2.45) is 0 Å². The van der Waals surface area contributed by atoms with Crippen LogP contribution in [-0.4, -0.2) is 10.8 Å². The van der Waals surface area contributed by atoms with Gasteiger partial charge in [-0.3, -0.25) is 0 Å². The summed E-state index contributed by atoms with van der Waals surface area (Å²) < 4.78 is 0. The van der Waals surface area contributed by atoms with Crippen LogP contribution < -0.4 is 0 Å². The third-order valence-electron chi connectivity index (χ3n) is 2.75. The van der Waals surface area contributed by atoms with E-state index >= 15 is 0 Å².